The Morgan fingerprint density at radius 2 is 2.00 bits per heavy atom. The van der Waals surface area contributed by atoms with Crippen molar-refractivity contribution in [2.45, 2.75) is 13.8 Å². The Bertz CT molecular complexity index is 835. The van der Waals surface area contributed by atoms with Crippen LogP contribution in [0.4, 0.5) is 5.69 Å². The summed E-state index contributed by atoms with van der Waals surface area (Å²) in [5.41, 5.74) is 3.41. The summed E-state index contributed by atoms with van der Waals surface area (Å²) >= 11 is 1.99. The van der Waals surface area contributed by atoms with E-state index in [1.54, 1.807) is 12.1 Å². The maximum Gasteiger partial charge on any atom is 0.266 e. The second-order valence-corrected chi connectivity index (χ2v) is 6.32. The highest BCUT2D eigenvalue weighted by molar-refractivity contribution is 14.1. The minimum atomic E-state index is -0.456. The van der Waals surface area contributed by atoms with Crippen LogP contribution >= 0.6 is 22.6 Å². The Kier molecular flexibility index (Phi) is 5.40. The maximum atomic E-state index is 12.3. The molecular weight excluding hydrogens is 403 g/mol. The summed E-state index contributed by atoms with van der Waals surface area (Å²) in [5, 5.41) is 21.5. The van der Waals surface area contributed by atoms with Gasteiger partial charge in [0.15, 0.2) is 0 Å². The largest absolute Gasteiger partial charge is 0.507 e. The fraction of sp³-hybridized carbons (Fsp3) is 0.111. The van der Waals surface area contributed by atoms with Crippen LogP contribution in [0.5, 0.6) is 5.75 Å². The number of anilines is 1. The molecule has 5 heteroatoms. The molecule has 0 bridgehead atoms. The third kappa shape index (κ3) is 4.33. The molecular formula is C18H15IN2O2. The van der Waals surface area contributed by atoms with Gasteiger partial charge in [-0.15, -0.1) is 0 Å². The minimum Gasteiger partial charge on any atom is -0.507 e. The molecule has 1 amide bonds. The number of phenolic OH excluding ortho intramolecular Hbond substituents is 1. The lowest BCUT2D eigenvalue weighted by Crippen LogP contribution is -2.14. The van der Waals surface area contributed by atoms with Crippen LogP contribution in [0.2, 0.25) is 0 Å². The number of phenols is 1. The predicted molar refractivity (Wildman–Crippen MR) is 99.0 cm³/mol. The first-order chi connectivity index (χ1) is 10.9. The number of hydrogen-bond acceptors (Lipinski definition) is 3. The van der Waals surface area contributed by atoms with E-state index in [4.69, 9.17) is 0 Å². The zero-order chi connectivity index (χ0) is 17.0. The first-order valence-corrected chi connectivity index (χ1v) is 7.97. The van der Waals surface area contributed by atoms with Crippen LogP contribution < -0.4 is 5.32 Å². The number of carbonyl (C=O) groups excluding carboxylic acids is 1. The standard InChI is InChI=1S/C18H15IN2O2/c1-11-3-5-16(12(2)7-11)21-18(23)14(10-20)8-13-4-6-17(22)15(19)9-13/h3-9,22H,1-2H3,(H,21,23)/b14-8+. The maximum absolute atomic E-state index is 12.3. The lowest BCUT2D eigenvalue weighted by Gasteiger charge is -2.08. The van der Waals surface area contributed by atoms with E-state index in [9.17, 15) is 15.2 Å². The Hall–Kier alpha value is -2.33. The molecule has 0 atom stereocenters. The molecule has 116 valence electrons. The van der Waals surface area contributed by atoms with Crippen LogP contribution in [-0.4, -0.2) is 11.0 Å². The van der Waals surface area contributed by atoms with E-state index in [0.717, 1.165) is 11.1 Å². The number of halogens is 1. The van der Waals surface area contributed by atoms with Crippen molar-refractivity contribution < 1.29 is 9.90 Å². The van der Waals surface area contributed by atoms with E-state index >= 15 is 0 Å². The number of nitrogens with zero attached hydrogens (tertiary/aromatic N) is 1. The van der Waals surface area contributed by atoms with Gasteiger partial charge in [-0.3, -0.25) is 4.79 Å². The summed E-state index contributed by atoms with van der Waals surface area (Å²) in [4.78, 5) is 12.3. The van der Waals surface area contributed by atoms with Crippen molar-refractivity contribution >= 4 is 40.3 Å². The topological polar surface area (TPSA) is 73.1 Å². The Morgan fingerprint density at radius 1 is 1.26 bits per heavy atom. The quantitative estimate of drug-likeness (QED) is 0.447. The van der Waals surface area contributed by atoms with E-state index in [-0.39, 0.29) is 11.3 Å². The van der Waals surface area contributed by atoms with E-state index in [1.807, 2.05) is 60.7 Å². The average Bonchev–Trinajstić information content (AvgIpc) is 2.51. The number of rotatable bonds is 3. The summed E-state index contributed by atoms with van der Waals surface area (Å²) in [6.07, 6.45) is 1.50. The summed E-state index contributed by atoms with van der Waals surface area (Å²) in [5.74, 6) is -0.288. The van der Waals surface area contributed by atoms with Gasteiger partial charge < -0.3 is 10.4 Å². The molecule has 0 aromatic heterocycles. The van der Waals surface area contributed by atoms with Gasteiger partial charge in [0.25, 0.3) is 5.91 Å². The zero-order valence-corrected chi connectivity index (χ0v) is 14.9. The predicted octanol–water partition coefficient (Wildman–Crippen LogP) is 4.16. The van der Waals surface area contributed by atoms with Crippen LogP contribution in [0.25, 0.3) is 6.08 Å². The highest BCUT2D eigenvalue weighted by Crippen LogP contribution is 2.22. The third-order valence-corrected chi connectivity index (χ3v) is 4.14. The number of benzene rings is 2. The summed E-state index contributed by atoms with van der Waals surface area (Å²) in [6, 6.07) is 12.5. The van der Waals surface area contributed by atoms with Crippen molar-refractivity contribution in [3.63, 3.8) is 0 Å². The highest BCUT2D eigenvalue weighted by Gasteiger charge is 2.11. The van der Waals surface area contributed by atoms with E-state index in [0.29, 0.717) is 14.8 Å². The molecule has 0 aliphatic carbocycles. The van der Waals surface area contributed by atoms with Gasteiger partial charge in [-0.05, 0) is 71.8 Å². The average molecular weight is 418 g/mol. The molecule has 2 aromatic rings. The molecule has 23 heavy (non-hydrogen) atoms. The van der Waals surface area contributed by atoms with Crippen molar-refractivity contribution in [1.29, 1.82) is 5.26 Å². The molecule has 2 N–H and O–H groups in total. The molecule has 0 fully saturated rings. The Labute approximate surface area is 148 Å². The number of nitriles is 1. The van der Waals surface area contributed by atoms with Gasteiger partial charge in [0.1, 0.15) is 17.4 Å². The first-order valence-electron chi connectivity index (χ1n) is 6.89. The van der Waals surface area contributed by atoms with Gasteiger partial charge >= 0.3 is 0 Å². The van der Waals surface area contributed by atoms with Gasteiger partial charge in [-0.25, -0.2) is 0 Å². The lowest BCUT2D eigenvalue weighted by atomic mass is 10.1. The molecule has 0 aliphatic heterocycles. The second-order valence-electron chi connectivity index (χ2n) is 5.15. The van der Waals surface area contributed by atoms with Crippen LogP contribution in [0, 0.1) is 28.7 Å². The molecule has 2 aromatic carbocycles. The molecule has 0 radical (unpaired) electrons. The number of hydrogen-bond donors (Lipinski definition) is 2. The number of amides is 1. The van der Waals surface area contributed by atoms with Gasteiger partial charge in [0, 0.05) is 5.69 Å². The second kappa shape index (κ2) is 7.29. The van der Waals surface area contributed by atoms with Crippen LogP contribution in [-0.2, 0) is 4.79 Å². The molecule has 0 spiro atoms. The smallest absolute Gasteiger partial charge is 0.266 e. The van der Waals surface area contributed by atoms with Gasteiger partial charge in [-0.1, -0.05) is 23.8 Å². The fourth-order valence-corrected chi connectivity index (χ4v) is 2.61. The summed E-state index contributed by atoms with van der Waals surface area (Å²) < 4.78 is 0.656. The number of aromatic hydroxyl groups is 1. The van der Waals surface area contributed by atoms with Crippen LogP contribution in [0.15, 0.2) is 42.0 Å². The number of nitrogens with one attached hydrogen (secondary N) is 1. The van der Waals surface area contributed by atoms with Gasteiger partial charge in [0.2, 0.25) is 0 Å². The Balaban J connectivity index is 2.26. The van der Waals surface area contributed by atoms with Crippen molar-refractivity contribution in [2.75, 3.05) is 5.32 Å². The summed E-state index contributed by atoms with van der Waals surface area (Å²) in [7, 11) is 0. The molecule has 0 heterocycles. The van der Waals surface area contributed by atoms with Crippen molar-refractivity contribution in [1.82, 2.24) is 0 Å². The normalized spacial score (nSPS) is 11.0. The van der Waals surface area contributed by atoms with Crippen LogP contribution in [0.3, 0.4) is 0 Å². The molecule has 0 aliphatic rings. The first kappa shape index (κ1) is 17.0. The molecule has 0 saturated carbocycles. The highest BCUT2D eigenvalue weighted by atomic mass is 127. The zero-order valence-electron chi connectivity index (χ0n) is 12.7. The molecule has 4 nitrogen and oxygen atoms in total. The van der Waals surface area contributed by atoms with Crippen molar-refractivity contribution in [3.8, 4) is 11.8 Å². The molecule has 2 rings (SSSR count). The van der Waals surface area contributed by atoms with E-state index < -0.39 is 5.91 Å². The lowest BCUT2D eigenvalue weighted by molar-refractivity contribution is -0.112. The van der Waals surface area contributed by atoms with E-state index in [2.05, 4.69) is 5.32 Å². The fourth-order valence-electron chi connectivity index (χ4n) is 2.07. The minimum absolute atomic E-state index is 0.00599. The SMILES string of the molecule is Cc1ccc(NC(=O)/C(C#N)=C/c2ccc(O)c(I)c2)c(C)c1. The molecule has 0 unspecified atom stereocenters. The number of aryl methyl sites for hydroxylation is 2. The number of carbonyl (C=O) groups is 1. The van der Waals surface area contributed by atoms with Gasteiger partial charge in [0.05, 0.1) is 3.57 Å². The van der Waals surface area contributed by atoms with Crippen molar-refractivity contribution in [3.05, 3.63) is 62.2 Å². The van der Waals surface area contributed by atoms with E-state index in [1.165, 1.54) is 12.1 Å². The van der Waals surface area contributed by atoms with Crippen LogP contribution in [0.1, 0.15) is 16.7 Å². The third-order valence-electron chi connectivity index (χ3n) is 3.28. The van der Waals surface area contributed by atoms with Gasteiger partial charge in [-0.2, -0.15) is 5.26 Å². The molecule has 0 saturated heterocycles. The summed E-state index contributed by atoms with van der Waals surface area (Å²) in [6.45, 7) is 3.88. The monoisotopic (exact) mass is 418 g/mol. The van der Waals surface area contributed by atoms with Crippen molar-refractivity contribution in [2.24, 2.45) is 0 Å². The Morgan fingerprint density at radius 3 is 2.61 bits per heavy atom.